The number of methoxy groups -OCH3 is 1. The lowest BCUT2D eigenvalue weighted by molar-refractivity contribution is 0.0678. The van der Waals surface area contributed by atoms with Crippen LogP contribution in [-0.2, 0) is 4.74 Å². The highest BCUT2D eigenvalue weighted by molar-refractivity contribution is 5.99. The topological polar surface area (TPSA) is 35.5 Å². The second-order valence-electron chi connectivity index (χ2n) is 4.79. The second-order valence-corrected chi connectivity index (χ2v) is 4.79. The Morgan fingerprint density at radius 2 is 2.00 bits per heavy atom. The normalized spacial score (nSPS) is 15.8. The van der Waals surface area contributed by atoms with Gasteiger partial charge in [-0.2, -0.15) is 0 Å². The first kappa shape index (κ1) is 13.1. The van der Waals surface area contributed by atoms with Crippen molar-refractivity contribution in [2.75, 3.05) is 20.3 Å². The third kappa shape index (κ3) is 3.33. The van der Waals surface area contributed by atoms with Gasteiger partial charge in [0.25, 0.3) is 0 Å². The zero-order valence-corrected chi connectivity index (χ0v) is 10.9. The first-order valence-corrected chi connectivity index (χ1v) is 6.55. The first-order valence-electron chi connectivity index (χ1n) is 6.55. The van der Waals surface area contributed by atoms with Crippen LogP contribution in [0, 0.1) is 5.92 Å². The van der Waals surface area contributed by atoms with Crippen molar-refractivity contribution in [2.45, 2.75) is 25.7 Å². The Morgan fingerprint density at radius 3 is 2.72 bits per heavy atom. The highest BCUT2D eigenvalue weighted by Crippen LogP contribution is 2.25. The van der Waals surface area contributed by atoms with Crippen molar-refractivity contribution < 1.29 is 14.3 Å². The molecule has 1 aliphatic rings. The van der Waals surface area contributed by atoms with Crippen molar-refractivity contribution in [3.63, 3.8) is 0 Å². The van der Waals surface area contributed by atoms with E-state index < -0.39 is 0 Å². The number of Topliss-reactive ketones (excluding diaryl/α,β-unsaturated/α-hetero) is 1. The molecule has 0 bridgehead atoms. The van der Waals surface area contributed by atoms with Gasteiger partial charge in [-0.05, 0) is 30.9 Å². The van der Waals surface area contributed by atoms with Crippen LogP contribution in [0.4, 0.5) is 0 Å². The van der Waals surface area contributed by atoms with Gasteiger partial charge in [-0.25, -0.2) is 0 Å². The first-order chi connectivity index (χ1) is 8.81. The van der Waals surface area contributed by atoms with Gasteiger partial charge in [0.15, 0.2) is 5.78 Å². The van der Waals surface area contributed by atoms with Crippen molar-refractivity contribution in [3.8, 4) is 5.75 Å². The van der Waals surface area contributed by atoms with Gasteiger partial charge in [0.1, 0.15) is 12.4 Å². The highest BCUT2D eigenvalue weighted by atomic mass is 16.5. The van der Waals surface area contributed by atoms with Crippen LogP contribution in [-0.4, -0.2) is 26.1 Å². The van der Waals surface area contributed by atoms with E-state index in [-0.39, 0.29) is 12.4 Å². The summed E-state index contributed by atoms with van der Waals surface area (Å²) in [5, 5.41) is 0. The number of carbonyl (C=O) groups is 1. The lowest BCUT2D eigenvalue weighted by Gasteiger charge is -2.10. The van der Waals surface area contributed by atoms with Crippen LogP contribution in [0.25, 0.3) is 0 Å². The standard InChI is InChI=1S/C15H20O3/c1-17-15-9-5-4-8-13(15)14(16)11-18-10-12-6-2-3-7-12/h4-5,8-9,12H,2-3,6-7,10-11H2,1H3. The van der Waals surface area contributed by atoms with E-state index in [2.05, 4.69) is 0 Å². The van der Waals surface area contributed by atoms with Gasteiger partial charge < -0.3 is 9.47 Å². The van der Waals surface area contributed by atoms with Crippen LogP contribution in [0.2, 0.25) is 0 Å². The molecule has 1 aromatic rings. The maximum absolute atomic E-state index is 12.0. The average Bonchev–Trinajstić information content (AvgIpc) is 2.91. The summed E-state index contributed by atoms with van der Waals surface area (Å²) < 4.78 is 10.7. The minimum atomic E-state index is -0.00885. The molecule has 0 amide bonds. The number of ketones is 1. The molecule has 1 fully saturated rings. The lowest BCUT2D eigenvalue weighted by Crippen LogP contribution is -2.14. The predicted octanol–water partition coefficient (Wildman–Crippen LogP) is 3.08. The van der Waals surface area contributed by atoms with Gasteiger partial charge in [-0.1, -0.05) is 25.0 Å². The Kier molecular flexibility index (Phi) is 4.76. The van der Waals surface area contributed by atoms with E-state index in [9.17, 15) is 4.79 Å². The maximum Gasteiger partial charge on any atom is 0.192 e. The summed E-state index contributed by atoms with van der Waals surface area (Å²) in [6.45, 7) is 0.859. The third-order valence-corrected chi connectivity index (χ3v) is 3.47. The molecule has 0 atom stereocenters. The average molecular weight is 248 g/mol. The van der Waals surface area contributed by atoms with Gasteiger partial charge in [0.05, 0.1) is 19.3 Å². The van der Waals surface area contributed by atoms with E-state index >= 15 is 0 Å². The van der Waals surface area contributed by atoms with E-state index in [1.165, 1.54) is 25.7 Å². The van der Waals surface area contributed by atoms with Crippen molar-refractivity contribution in [1.82, 2.24) is 0 Å². The molecule has 0 saturated heterocycles. The summed E-state index contributed by atoms with van der Waals surface area (Å²) in [6, 6.07) is 7.27. The molecule has 0 spiro atoms. The van der Waals surface area contributed by atoms with Gasteiger partial charge in [-0.3, -0.25) is 4.79 Å². The summed E-state index contributed by atoms with van der Waals surface area (Å²) >= 11 is 0. The molecule has 0 aromatic heterocycles. The van der Waals surface area contributed by atoms with E-state index in [1.54, 1.807) is 19.2 Å². The second kappa shape index (κ2) is 6.55. The molecular weight excluding hydrogens is 228 g/mol. The van der Waals surface area contributed by atoms with Crippen LogP contribution in [0.5, 0.6) is 5.75 Å². The molecule has 1 saturated carbocycles. The molecule has 0 unspecified atom stereocenters. The number of ether oxygens (including phenoxy) is 2. The number of hydrogen-bond donors (Lipinski definition) is 0. The number of benzene rings is 1. The monoisotopic (exact) mass is 248 g/mol. The SMILES string of the molecule is COc1ccccc1C(=O)COCC1CCCC1. The fourth-order valence-corrected chi connectivity index (χ4v) is 2.45. The Balaban J connectivity index is 1.83. The van der Waals surface area contributed by atoms with E-state index in [1.807, 2.05) is 12.1 Å². The van der Waals surface area contributed by atoms with Crippen molar-refractivity contribution >= 4 is 5.78 Å². The Morgan fingerprint density at radius 1 is 1.28 bits per heavy atom. The number of hydrogen-bond acceptors (Lipinski definition) is 3. The summed E-state index contributed by atoms with van der Waals surface area (Å²) in [4.78, 5) is 12.0. The molecule has 0 radical (unpaired) electrons. The van der Waals surface area contributed by atoms with Crippen LogP contribution in [0.15, 0.2) is 24.3 Å². The van der Waals surface area contributed by atoms with E-state index in [0.717, 1.165) is 0 Å². The van der Waals surface area contributed by atoms with Crippen molar-refractivity contribution in [2.24, 2.45) is 5.92 Å². The van der Waals surface area contributed by atoms with Crippen LogP contribution in [0.3, 0.4) is 0 Å². The predicted molar refractivity (Wildman–Crippen MR) is 70.1 cm³/mol. The fourth-order valence-electron chi connectivity index (χ4n) is 2.45. The van der Waals surface area contributed by atoms with Crippen molar-refractivity contribution in [3.05, 3.63) is 29.8 Å². The van der Waals surface area contributed by atoms with Crippen LogP contribution < -0.4 is 4.74 Å². The Hall–Kier alpha value is -1.35. The number of para-hydroxylation sites is 1. The minimum absolute atomic E-state index is 0.00885. The highest BCUT2D eigenvalue weighted by Gasteiger charge is 2.16. The molecule has 0 N–H and O–H groups in total. The van der Waals surface area contributed by atoms with E-state index in [4.69, 9.17) is 9.47 Å². The number of carbonyl (C=O) groups excluding carboxylic acids is 1. The molecule has 98 valence electrons. The molecule has 3 heteroatoms. The molecule has 1 aliphatic carbocycles. The van der Waals surface area contributed by atoms with Crippen LogP contribution in [0.1, 0.15) is 36.0 Å². The molecular formula is C15H20O3. The summed E-state index contributed by atoms with van der Waals surface area (Å²) in [6.07, 6.45) is 5.08. The largest absolute Gasteiger partial charge is 0.496 e. The van der Waals surface area contributed by atoms with Crippen molar-refractivity contribution in [1.29, 1.82) is 0 Å². The third-order valence-electron chi connectivity index (χ3n) is 3.47. The summed E-state index contributed by atoms with van der Waals surface area (Å²) in [7, 11) is 1.57. The van der Waals surface area contributed by atoms with E-state index in [0.29, 0.717) is 23.8 Å². The smallest absolute Gasteiger partial charge is 0.192 e. The quantitative estimate of drug-likeness (QED) is 0.726. The lowest BCUT2D eigenvalue weighted by atomic mass is 10.1. The van der Waals surface area contributed by atoms with Gasteiger partial charge in [0.2, 0.25) is 0 Å². The molecule has 2 rings (SSSR count). The Labute approximate surface area is 108 Å². The molecule has 0 heterocycles. The molecule has 0 aliphatic heterocycles. The summed E-state index contributed by atoms with van der Waals surface area (Å²) in [5.41, 5.74) is 0.603. The molecule has 18 heavy (non-hydrogen) atoms. The maximum atomic E-state index is 12.0. The fraction of sp³-hybridized carbons (Fsp3) is 0.533. The molecule has 1 aromatic carbocycles. The zero-order chi connectivity index (χ0) is 12.8. The van der Waals surface area contributed by atoms with Crippen LogP contribution >= 0.6 is 0 Å². The zero-order valence-electron chi connectivity index (χ0n) is 10.9. The summed E-state index contributed by atoms with van der Waals surface area (Å²) in [5.74, 6) is 1.26. The van der Waals surface area contributed by atoms with Gasteiger partial charge in [-0.15, -0.1) is 0 Å². The van der Waals surface area contributed by atoms with Gasteiger partial charge in [0, 0.05) is 0 Å². The minimum Gasteiger partial charge on any atom is -0.496 e. The number of rotatable bonds is 6. The van der Waals surface area contributed by atoms with Gasteiger partial charge >= 0.3 is 0 Å². The Bertz CT molecular complexity index is 394. The molecule has 3 nitrogen and oxygen atoms in total.